The van der Waals surface area contributed by atoms with Gasteiger partial charge in [-0.25, -0.2) is 0 Å². The molecule has 1 saturated heterocycles. The molecule has 2 N–H and O–H groups in total. The summed E-state index contributed by atoms with van der Waals surface area (Å²) in [6.45, 7) is 8.40. The number of nitrogens with zero attached hydrogens (tertiary/aromatic N) is 2. The largest absolute Gasteiger partial charge is 0.366 e. The van der Waals surface area contributed by atoms with E-state index in [1.807, 2.05) is 31.2 Å². The van der Waals surface area contributed by atoms with E-state index in [-0.39, 0.29) is 5.91 Å². The van der Waals surface area contributed by atoms with E-state index in [1.54, 1.807) is 0 Å². The zero-order valence-corrected chi connectivity index (χ0v) is 16.5. The highest BCUT2D eigenvalue weighted by Gasteiger charge is 2.24. The topological polar surface area (TPSA) is 51.3 Å². The molecule has 5 heteroatoms. The SMILES string of the molecule is CCc1c(-c2ccc(Cl)cc2)c(C(N)=O)c(C)n1CCN1CCCCC1. The van der Waals surface area contributed by atoms with Crippen LogP contribution in [-0.2, 0) is 13.0 Å². The molecule has 0 aliphatic carbocycles. The maximum absolute atomic E-state index is 12.2. The average Bonchev–Trinajstić information content (AvgIpc) is 2.93. The molecule has 3 rings (SSSR count). The van der Waals surface area contributed by atoms with E-state index in [4.69, 9.17) is 17.3 Å². The molecule has 26 heavy (non-hydrogen) atoms. The van der Waals surface area contributed by atoms with Crippen LogP contribution in [0, 0.1) is 6.92 Å². The number of hydrogen-bond donors (Lipinski definition) is 1. The molecule has 2 aromatic rings. The van der Waals surface area contributed by atoms with Crippen LogP contribution in [0.2, 0.25) is 5.02 Å². The fraction of sp³-hybridized carbons (Fsp3) is 0.476. The minimum atomic E-state index is -0.362. The maximum atomic E-state index is 12.2. The first-order chi connectivity index (χ1) is 12.5. The summed E-state index contributed by atoms with van der Waals surface area (Å²) in [7, 11) is 0. The van der Waals surface area contributed by atoms with E-state index < -0.39 is 0 Å². The van der Waals surface area contributed by atoms with Crippen LogP contribution < -0.4 is 5.73 Å². The first kappa shape index (κ1) is 19.0. The van der Waals surface area contributed by atoms with Crippen molar-refractivity contribution in [3.8, 4) is 11.1 Å². The molecule has 1 aromatic carbocycles. The van der Waals surface area contributed by atoms with Crippen LogP contribution in [-0.4, -0.2) is 35.0 Å². The number of benzene rings is 1. The van der Waals surface area contributed by atoms with Gasteiger partial charge in [-0.05, 0) is 57.0 Å². The Balaban J connectivity index is 2.00. The zero-order valence-electron chi connectivity index (χ0n) is 15.7. The van der Waals surface area contributed by atoms with Crippen molar-refractivity contribution in [3.05, 3.63) is 46.2 Å². The van der Waals surface area contributed by atoms with Crippen molar-refractivity contribution in [1.29, 1.82) is 0 Å². The number of nitrogens with two attached hydrogens (primary N) is 1. The summed E-state index contributed by atoms with van der Waals surface area (Å²) in [5.74, 6) is -0.362. The Labute approximate surface area is 160 Å². The molecule has 1 aromatic heterocycles. The number of likely N-dealkylation sites (tertiary alicyclic amines) is 1. The number of halogens is 1. The predicted molar refractivity (Wildman–Crippen MR) is 108 cm³/mol. The summed E-state index contributed by atoms with van der Waals surface area (Å²) in [6.07, 6.45) is 4.76. The molecule has 1 aliphatic rings. The smallest absolute Gasteiger partial charge is 0.251 e. The van der Waals surface area contributed by atoms with Crippen LogP contribution in [0.15, 0.2) is 24.3 Å². The first-order valence-corrected chi connectivity index (χ1v) is 9.90. The minimum absolute atomic E-state index is 0.362. The molecular formula is C21H28ClN3O. The van der Waals surface area contributed by atoms with Crippen molar-refractivity contribution in [2.75, 3.05) is 19.6 Å². The molecule has 140 valence electrons. The lowest BCUT2D eigenvalue weighted by molar-refractivity contribution is 0.1000. The van der Waals surface area contributed by atoms with Gasteiger partial charge in [0.05, 0.1) is 5.56 Å². The number of hydrogen-bond acceptors (Lipinski definition) is 2. The number of aromatic nitrogens is 1. The Morgan fingerprint density at radius 3 is 2.35 bits per heavy atom. The van der Waals surface area contributed by atoms with Gasteiger partial charge in [-0.3, -0.25) is 4.79 Å². The second-order valence-electron chi connectivity index (χ2n) is 7.06. The monoisotopic (exact) mass is 373 g/mol. The van der Waals surface area contributed by atoms with Gasteiger partial charge in [0, 0.05) is 35.1 Å². The lowest BCUT2D eigenvalue weighted by atomic mass is 9.99. The lowest BCUT2D eigenvalue weighted by Gasteiger charge is -2.27. The minimum Gasteiger partial charge on any atom is -0.366 e. The zero-order chi connectivity index (χ0) is 18.7. The van der Waals surface area contributed by atoms with E-state index in [0.29, 0.717) is 10.6 Å². The molecule has 0 atom stereocenters. The van der Waals surface area contributed by atoms with Crippen LogP contribution >= 0.6 is 11.6 Å². The molecule has 1 aliphatic heterocycles. The lowest BCUT2D eigenvalue weighted by Crippen LogP contribution is -2.33. The molecule has 2 heterocycles. The molecule has 0 spiro atoms. The molecule has 1 amide bonds. The third-order valence-electron chi connectivity index (χ3n) is 5.43. The Morgan fingerprint density at radius 1 is 1.12 bits per heavy atom. The number of piperidine rings is 1. The third kappa shape index (κ3) is 3.81. The molecule has 4 nitrogen and oxygen atoms in total. The summed E-state index contributed by atoms with van der Waals surface area (Å²) in [6, 6.07) is 7.67. The Bertz CT molecular complexity index is 774. The van der Waals surface area contributed by atoms with Gasteiger partial charge in [0.1, 0.15) is 0 Å². The summed E-state index contributed by atoms with van der Waals surface area (Å²) < 4.78 is 2.29. The highest BCUT2D eigenvalue weighted by Crippen LogP contribution is 2.34. The van der Waals surface area contributed by atoms with Gasteiger partial charge in [-0.1, -0.05) is 37.1 Å². The van der Waals surface area contributed by atoms with E-state index in [9.17, 15) is 4.79 Å². The number of primary amides is 1. The second-order valence-corrected chi connectivity index (χ2v) is 7.50. The highest BCUT2D eigenvalue weighted by atomic mass is 35.5. The van der Waals surface area contributed by atoms with Crippen LogP contribution in [0.3, 0.4) is 0 Å². The van der Waals surface area contributed by atoms with E-state index in [0.717, 1.165) is 36.3 Å². The van der Waals surface area contributed by atoms with E-state index in [1.165, 1.54) is 38.0 Å². The quantitative estimate of drug-likeness (QED) is 0.822. The summed E-state index contributed by atoms with van der Waals surface area (Å²) in [5, 5.41) is 0.689. The Hall–Kier alpha value is -1.78. The summed E-state index contributed by atoms with van der Waals surface area (Å²) in [5.41, 5.74) is 10.5. The maximum Gasteiger partial charge on any atom is 0.251 e. The first-order valence-electron chi connectivity index (χ1n) is 9.53. The highest BCUT2D eigenvalue weighted by molar-refractivity contribution is 6.30. The van der Waals surface area contributed by atoms with Crippen molar-refractivity contribution in [1.82, 2.24) is 9.47 Å². The van der Waals surface area contributed by atoms with Gasteiger partial charge in [0.2, 0.25) is 0 Å². The van der Waals surface area contributed by atoms with Crippen LogP contribution in [0.4, 0.5) is 0 Å². The van der Waals surface area contributed by atoms with Crippen molar-refractivity contribution in [2.24, 2.45) is 5.73 Å². The molecule has 1 fully saturated rings. The van der Waals surface area contributed by atoms with Crippen molar-refractivity contribution in [2.45, 2.75) is 46.1 Å². The normalized spacial score (nSPS) is 15.3. The molecule has 0 unspecified atom stereocenters. The van der Waals surface area contributed by atoms with Gasteiger partial charge in [0.15, 0.2) is 0 Å². The van der Waals surface area contributed by atoms with Gasteiger partial charge >= 0.3 is 0 Å². The molecule has 0 bridgehead atoms. The second kappa shape index (κ2) is 8.28. The fourth-order valence-electron chi connectivity index (χ4n) is 4.12. The van der Waals surface area contributed by atoms with Gasteiger partial charge in [-0.2, -0.15) is 0 Å². The number of amides is 1. The Kier molecular flexibility index (Phi) is 6.05. The van der Waals surface area contributed by atoms with Gasteiger partial charge in [0.25, 0.3) is 5.91 Å². The fourth-order valence-corrected chi connectivity index (χ4v) is 4.25. The summed E-state index contributed by atoms with van der Waals surface area (Å²) in [4.78, 5) is 14.8. The van der Waals surface area contributed by atoms with Crippen LogP contribution in [0.25, 0.3) is 11.1 Å². The summed E-state index contributed by atoms with van der Waals surface area (Å²) >= 11 is 6.04. The predicted octanol–water partition coefficient (Wildman–Crippen LogP) is 4.26. The third-order valence-corrected chi connectivity index (χ3v) is 5.69. The molecule has 0 saturated carbocycles. The number of rotatable bonds is 6. The Morgan fingerprint density at radius 2 is 1.77 bits per heavy atom. The van der Waals surface area contributed by atoms with Crippen LogP contribution in [0.1, 0.15) is 47.9 Å². The standard InChI is InChI=1S/C21H28ClN3O/c1-3-18-20(16-7-9-17(22)10-8-16)19(21(23)26)15(2)25(18)14-13-24-11-5-4-6-12-24/h7-10H,3-6,11-14H2,1-2H3,(H2,23,26). The molecular weight excluding hydrogens is 346 g/mol. The van der Waals surface area contributed by atoms with Gasteiger partial charge in [-0.15, -0.1) is 0 Å². The average molecular weight is 374 g/mol. The van der Waals surface area contributed by atoms with E-state index >= 15 is 0 Å². The molecule has 0 radical (unpaired) electrons. The van der Waals surface area contributed by atoms with Crippen molar-refractivity contribution < 1.29 is 4.79 Å². The van der Waals surface area contributed by atoms with Gasteiger partial charge < -0.3 is 15.2 Å². The van der Waals surface area contributed by atoms with Crippen molar-refractivity contribution >= 4 is 17.5 Å². The van der Waals surface area contributed by atoms with Crippen LogP contribution in [0.5, 0.6) is 0 Å². The van der Waals surface area contributed by atoms with E-state index in [2.05, 4.69) is 16.4 Å². The number of carbonyl (C=O) groups excluding carboxylic acids is 1. The number of carbonyl (C=O) groups is 1. The van der Waals surface area contributed by atoms with Crippen molar-refractivity contribution in [3.63, 3.8) is 0 Å².